The molecule has 1 saturated carbocycles. The first-order valence-corrected chi connectivity index (χ1v) is 10.3. The molecule has 0 bridgehead atoms. The molecule has 7 heteroatoms. The molecule has 0 saturated heterocycles. The van der Waals surface area contributed by atoms with E-state index in [0.29, 0.717) is 11.6 Å². The van der Waals surface area contributed by atoms with Gasteiger partial charge in [0, 0.05) is 29.2 Å². The van der Waals surface area contributed by atoms with Gasteiger partial charge in [-0.3, -0.25) is 4.79 Å². The van der Waals surface area contributed by atoms with E-state index in [1.807, 2.05) is 50.2 Å². The molecule has 2 aromatic heterocycles. The normalized spacial score (nSPS) is 18.8. The number of nitrogens with one attached hydrogen (secondary N) is 3. The summed E-state index contributed by atoms with van der Waals surface area (Å²) >= 11 is 0. The first kappa shape index (κ1) is 20.1. The Morgan fingerprint density at radius 2 is 1.83 bits per heavy atom. The van der Waals surface area contributed by atoms with E-state index in [2.05, 4.69) is 25.6 Å². The topological polar surface area (TPSA) is 103 Å². The van der Waals surface area contributed by atoms with Crippen molar-refractivity contribution in [2.45, 2.75) is 51.7 Å². The van der Waals surface area contributed by atoms with Crippen molar-refractivity contribution in [1.29, 1.82) is 0 Å². The molecule has 4 N–H and O–H groups in total. The highest BCUT2D eigenvalue weighted by Crippen LogP contribution is 2.29. The minimum atomic E-state index is -0.240. The highest BCUT2D eigenvalue weighted by molar-refractivity contribution is 5.96. The van der Waals surface area contributed by atoms with E-state index >= 15 is 0 Å². The molecule has 0 unspecified atom stereocenters. The lowest BCUT2D eigenvalue weighted by Gasteiger charge is -2.26. The van der Waals surface area contributed by atoms with E-state index in [4.69, 9.17) is 0 Å². The summed E-state index contributed by atoms with van der Waals surface area (Å²) in [6.45, 7) is 3.88. The summed E-state index contributed by atoms with van der Waals surface area (Å²) in [5, 5.41) is 16.0. The van der Waals surface area contributed by atoms with Gasteiger partial charge in [-0.1, -0.05) is 18.2 Å². The van der Waals surface area contributed by atoms with E-state index in [9.17, 15) is 9.90 Å². The van der Waals surface area contributed by atoms with Gasteiger partial charge in [-0.25, -0.2) is 9.97 Å². The number of hydrogen-bond acceptors (Lipinski definition) is 5. The van der Waals surface area contributed by atoms with E-state index in [0.717, 1.165) is 53.9 Å². The van der Waals surface area contributed by atoms with Crippen LogP contribution in [0.15, 0.2) is 42.6 Å². The van der Waals surface area contributed by atoms with Crippen molar-refractivity contribution in [3.63, 3.8) is 0 Å². The van der Waals surface area contributed by atoms with Crippen molar-refractivity contribution >= 4 is 17.5 Å². The van der Waals surface area contributed by atoms with Crippen LogP contribution in [0.2, 0.25) is 0 Å². The number of hydrogen-bond donors (Lipinski definition) is 4. The summed E-state index contributed by atoms with van der Waals surface area (Å²) in [6.07, 6.45) is 4.55. The molecule has 1 amide bonds. The van der Waals surface area contributed by atoms with Crippen LogP contribution in [-0.4, -0.2) is 38.1 Å². The summed E-state index contributed by atoms with van der Waals surface area (Å²) < 4.78 is 0. The van der Waals surface area contributed by atoms with Gasteiger partial charge in [-0.2, -0.15) is 0 Å². The monoisotopic (exact) mass is 405 g/mol. The van der Waals surface area contributed by atoms with Crippen molar-refractivity contribution in [3.05, 3.63) is 59.5 Å². The van der Waals surface area contributed by atoms with Crippen LogP contribution in [0.5, 0.6) is 0 Å². The fourth-order valence-electron chi connectivity index (χ4n) is 4.05. The lowest BCUT2D eigenvalue weighted by atomic mass is 9.93. The van der Waals surface area contributed by atoms with Gasteiger partial charge in [0.15, 0.2) is 0 Å². The number of benzene rings is 1. The number of aromatic amines is 1. The Balaban J connectivity index is 1.55. The van der Waals surface area contributed by atoms with E-state index in [-0.39, 0.29) is 18.1 Å². The van der Waals surface area contributed by atoms with Crippen molar-refractivity contribution in [3.8, 4) is 11.3 Å². The third kappa shape index (κ3) is 4.36. The van der Waals surface area contributed by atoms with E-state index in [1.54, 1.807) is 6.20 Å². The fourth-order valence-corrected chi connectivity index (χ4v) is 4.05. The molecule has 1 aliphatic rings. The molecule has 1 aliphatic carbocycles. The Morgan fingerprint density at radius 3 is 2.57 bits per heavy atom. The third-order valence-electron chi connectivity index (χ3n) is 5.64. The Morgan fingerprint density at radius 1 is 1.10 bits per heavy atom. The van der Waals surface area contributed by atoms with Crippen molar-refractivity contribution in [2.24, 2.45) is 0 Å². The van der Waals surface area contributed by atoms with E-state index in [1.165, 1.54) is 0 Å². The SMILES string of the molecule is Cc1[nH]c(C(=O)NC2CCC(O)CC2)c(C)c1-c1ccnc(Nc2ccccc2)n1. The predicted octanol–water partition coefficient (Wildman–Crippen LogP) is 3.87. The lowest BCUT2D eigenvalue weighted by Crippen LogP contribution is -2.39. The molecule has 0 radical (unpaired) electrons. The molecule has 30 heavy (non-hydrogen) atoms. The van der Waals surface area contributed by atoms with Gasteiger partial charge in [0.25, 0.3) is 5.91 Å². The zero-order valence-corrected chi connectivity index (χ0v) is 17.3. The maximum absolute atomic E-state index is 12.9. The van der Waals surface area contributed by atoms with Crippen LogP contribution in [0, 0.1) is 13.8 Å². The molecule has 0 spiro atoms. The Bertz CT molecular complexity index is 1020. The summed E-state index contributed by atoms with van der Waals surface area (Å²) in [5.74, 6) is 0.394. The zero-order valence-electron chi connectivity index (χ0n) is 17.3. The number of anilines is 2. The number of aromatic nitrogens is 3. The van der Waals surface area contributed by atoms with Gasteiger partial charge in [0.05, 0.1) is 11.8 Å². The molecule has 0 atom stereocenters. The van der Waals surface area contributed by atoms with Crippen LogP contribution in [0.4, 0.5) is 11.6 Å². The highest BCUT2D eigenvalue weighted by Gasteiger charge is 2.24. The second-order valence-electron chi connectivity index (χ2n) is 7.86. The van der Waals surface area contributed by atoms with Crippen LogP contribution >= 0.6 is 0 Å². The number of nitrogens with zero attached hydrogens (tertiary/aromatic N) is 2. The molecule has 156 valence electrons. The van der Waals surface area contributed by atoms with E-state index < -0.39 is 0 Å². The minimum Gasteiger partial charge on any atom is -0.393 e. The molecular weight excluding hydrogens is 378 g/mol. The maximum atomic E-state index is 12.9. The minimum absolute atomic E-state index is 0.105. The Kier molecular flexibility index (Phi) is 5.81. The van der Waals surface area contributed by atoms with Crippen molar-refractivity contribution < 1.29 is 9.90 Å². The standard InChI is InChI=1S/C23H27N5O2/c1-14-20(19-12-13-24-23(28-19)27-16-6-4-3-5-7-16)15(2)25-21(14)22(30)26-17-8-10-18(29)11-9-17/h3-7,12-13,17-18,25,29H,8-11H2,1-2H3,(H,26,30)(H,24,27,28). The highest BCUT2D eigenvalue weighted by atomic mass is 16.3. The number of carbonyl (C=O) groups is 1. The van der Waals surface area contributed by atoms with Gasteiger partial charge in [-0.15, -0.1) is 0 Å². The molecule has 4 rings (SSSR count). The van der Waals surface area contributed by atoms with Crippen LogP contribution in [0.3, 0.4) is 0 Å². The number of aliphatic hydroxyl groups excluding tert-OH is 1. The van der Waals surface area contributed by atoms with Crippen molar-refractivity contribution in [1.82, 2.24) is 20.3 Å². The van der Waals surface area contributed by atoms with Crippen LogP contribution in [0.1, 0.15) is 47.4 Å². The predicted molar refractivity (Wildman–Crippen MR) is 117 cm³/mol. The molecule has 0 aliphatic heterocycles. The molecule has 1 aromatic carbocycles. The average Bonchev–Trinajstić information content (AvgIpc) is 3.05. The van der Waals surface area contributed by atoms with Gasteiger partial charge in [-0.05, 0) is 63.3 Å². The summed E-state index contributed by atoms with van der Waals surface area (Å²) in [5.41, 5.74) is 4.90. The van der Waals surface area contributed by atoms with Crippen molar-refractivity contribution in [2.75, 3.05) is 5.32 Å². The third-order valence-corrected chi connectivity index (χ3v) is 5.64. The summed E-state index contributed by atoms with van der Waals surface area (Å²) in [6, 6.07) is 11.7. The molecule has 7 nitrogen and oxygen atoms in total. The Labute approximate surface area is 176 Å². The Hall–Kier alpha value is -3.19. The van der Waals surface area contributed by atoms with Gasteiger partial charge < -0.3 is 20.7 Å². The van der Waals surface area contributed by atoms with Crippen LogP contribution < -0.4 is 10.6 Å². The summed E-state index contributed by atoms with van der Waals surface area (Å²) in [7, 11) is 0. The quantitative estimate of drug-likeness (QED) is 0.516. The zero-order chi connectivity index (χ0) is 21.1. The average molecular weight is 406 g/mol. The number of para-hydroxylation sites is 1. The van der Waals surface area contributed by atoms with Gasteiger partial charge in [0.2, 0.25) is 5.95 Å². The first-order valence-electron chi connectivity index (χ1n) is 10.3. The molecule has 1 fully saturated rings. The van der Waals surface area contributed by atoms with Gasteiger partial charge >= 0.3 is 0 Å². The maximum Gasteiger partial charge on any atom is 0.268 e. The van der Waals surface area contributed by atoms with Crippen LogP contribution in [0.25, 0.3) is 11.3 Å². The van der Waals surface area contributed by atoms with Gasteiger partial charge in [0.1, 0.15) is 5.69 Å². The molecule has 2 heterocycles. The number of carbonyl (C=O) groups excluding carboxylic acids is 1. The second-order valence-corrected chi connectivity index (χ2v) is 7.86. The smallest absolute Gasteiger partial charge is 0.268 e. The second kappa shape index (κ2) is 8.67. The first-order chi connectivity index (χ1) is 14.5. The fraction of sp³-hybridized carbons (Fsp3) is 0.348. The number of H-pyrrole nitrogens is 1. The number of rotatable bonds is 5. The number of aryl methyl sites for hydroxylation is 1. The number of amides is 1. The lowest BCUT2D eigenvalue weighted by molar-refractivity contribution is 0.0863. The molecular formula is C23H27N5O2. The largest absolute Gasteiger partial charge is 0.393 e. The summed E-state index contributed by atoms with van der Waals surface area (Å²) in [4.78, 5) is 25.1. The van der Waals surface area contributed by atoms with Crippen LogP contribution in [-0.2, 0) is 0 Å². The number of aliphatic hydroxyl groups is 1. The molecule has 3 aromatic rings.